The Hall–Kier alpha value is -2.43. The molecule has 23 heavy (non-hydrogen) atoms. The van der Waals surface area contributed by atoms with Crippen LogP contribution in [0.4, 0.5) is 0 Å². The van der Waals surface area contributed by atoms with Gasteiger partial charge in [-0.05, 0) is 31.4 Å². The van der Waals surface area contributed by atoms with Gasteiger partial charge in [-0.25, -0.2) is 0 Å². The molecule has 2 aromatic rings. The highest BCUT2D eigenvalue weighted by atomic mass is 16.4. The van der Waals surface area contributed by atoms with Crippen LogP contribution >= 0.6 is 0 Å². The predicted octanol–water partition coefficient (Wildman–Crippen LogP) is 2.95. The number of rotatable bonds is 3. The van der Waals surface area contributed by atoms with E-state index in [0.717, 1.165) is 17.3 Å². The van der Waals surface area contributed by atoms with Gasteiger partial charge in [0.1, 0.15) is 0 Å². The average Bonchev–Trinajstić information content (AvgIpc) is 2.60. The van der Waals surface area contributed by atoms with Crippen molar-refractivity contribution in [3.63, 3.8) is 0 Å². The van der Waals surface area contributed by atoms with Crippen molar-refractivity contribution >= 4 is 22.8 Å². The van der Waals surface area contributed by atoms with Crippen LogP contribution in [0.15, 0.2) is 36.5 Å². The summed E-state index contributed by atoms with van der Waals surface area (Å²) < 4.78 is 0. The molecule has 1 aliphatic rings. The number of nitrogens with zero attached hydrogens (tertiary/aromatic N) is 2. The summed E-state index contributed by atoms with van der Waals surface area (Å²) in [6.07, 6.45) is 3.50. The summed E-state index contributed by atoms with van der Waals surface area (Å²) in [5.41, 5.74) is 0.541. The Balaban J connectivity index is 1.95. The number of aliphatic carboxylic acids is 1. The highest BCUT2D eigenvalue weighted by molar-refractivity contribution is 6.06. The topological polar surface area (TPSA) is 70.5 Å². The molecule has 1 atom stereocenters. The molecule has 2 heterocycles. The number of carbonyl (C=O) groups is 2. The van der Waals surface area contributed by atoms with Gasteiger partial charge < -0.3 is 10.0 Å². The van der Waals surface area contributed by atoms with Gasteiger partial charge in [-0.2, -0.15) is 0 Å². The molecule has 1 fully saturated rings. The number of fused-ring (bicyclic) bond motifs is 1. The largest absolute Gasteiger partial charge is 0.481 e. The van der Waals surface area contributed by atoms with Gasteiger partial charge in [0.2, 0.25) is 0 Å². The molecule has 0 radical (unpaired) electrons. The van der Waals surface area contributed by atoms with Crippen molar-refractivity contribution in [3.8, 4) is 0 Å². The minimum absolute atomic E-state index is 0.109. The van der Waals surface area contributed by atoms with Crippen molar-refractivity contribution in [2.45, 2.75) is 26.2 Å². The van der Waals surface area contributed by atoms with Gasteiger partial charge in [0.05, 0.1) is 16.5 Å². The first kappa shape index (κ1) is 15.5. The lowest BCUT2D eigenvalue weighted by Gasteiger charge is -2.39. The van der Waals surface area contributed by atoms with Crippen molar-refractivity contribution in [1.82, 2.24) is 9.88 Å². The zero-order valence-corrected chi connectivity index (χ0v) is 13.2. The van der Waals surface area contributed by atoms with E-state index in [1.54, 1.807) is 17.2 Å². The lowest BCUT2D eigenvalue weighted by molar-refractivity contribution is -0.152. The Morgan fingerprint density at radius 3 is 2.83 bits per heavy atom. The fraction of sp³-hybridized carbons (Fsp3) is 0.389. The fourth-order valence-electron chi connectivity index (χ4n) is 3.37. The second kappa shape index (κ2) is 5.99. The molecule has 1 aliphatic heterocycles. The summed E-state index contributed by atoms with van der Waals surface area (Å²) in [4.78, 5) is 30.6. The van der Waals surface area contributed by atoms with Crippen LogP contribution in [0.2, 0.25) is 0 Å². The molecule has 0 unspecified atom stereocenters. The summed E-state index contributed by atoms with van der Waals surface area (Å²) in [6, 6.07) is 9.23. The smallest absolute Gasteiger partial charge is 0.311 e. The third kappa shape index (κ3) is 2.67. The standard InChI is InChI=1S/C18H20N2O3/c1-2-18(17(22)23)9-5-11-20(12-18)16(21)14-8-10-19-15-7-4-3-6-13(14)15/h3-4,6-8,10H,2,5,9,11-12H2,1H3,(H,22,23)/t18-/m0/s1. The summed E-state index contributed by atoms with van der Waals surface area (Å²) in [5.74, 6) is -0.917. The van der Waals surface area contributed by atoms with Crippen molar-refractivity contribution in [3.05, 3.63) is 42.1 Å². The Kier molecular flexibility index (Phi) is 4.03. The number of pyridine rings is 1. The molecule has 5 heteroatoms. The van der Waals surface area contributed by atoms with Crippen LogP contribution in [0, 0.1) is 5.41 Å². The number of carbonyl (C=O) groups excluding carboxylic acids is 1. The van der Waals surface area contributed by atoms with Crippen molar-refractivity contribution < 1.29 is 14.7 Å². The first-order valence-corrected chi connectivity index (χ1v) is 7.94. The molecule has 3 rings (SSSR count). The minimum atomic E-state index is -0.823. The molecule has 0 spiro atoms. The number of likely N-dealkylation sites (tertiary alicyclic amines) is 1. The third-order valence-corrected chi connectivity index (χ3v) is 4.87. The van der Waals surface area contributed by atoms with E-state index in [1.165, 1.54) is 0 Å². The van der Waals surface area contributed by atoms with Crippen LogP contribution in [-0.2, 0) is 4.79 Å². The van der Waals surface area contributed by atoms with E-state index >= 15 is 0 Å². The first-order chi connectivity index (χ1) is 11.1. The summed E-state index contributed by atoms with van der Waals surface area (Å²) >= 11 is 0. The molecule has 0 aliphatic carbocycles. The van der Waals surface area contributed by atoms with Crippen LogP contribution in [-0.4, -0.2) is 40.0 Å². The predicted molar refractivity (Wildman–Crippen MR) is 87.2 cm³/mol. The molecular weight excluding hydrogens is 292 g/mol. The van der Waals surface area contributed by atoms with Gasteiger partial charge in [0, 0.05) is 24.7 Å². The Morgan fingerprint density at radius 1 is 1.30 bits per heavy atom. The average molecular weight is 312 g/mol. The first-order valence-electron chi connectivity index (χ1n) is 7.94. The number of benzene rings is 1. The molecule has 120 valence electrons. The number of aromatic nitrogens is 1. The lowest BCUT2D eigenvalue weighted by atomic mass is 9.77. The molecule has 1 aromatic heterocycles. The maximum atomic E-state index is 12.9. The van der Waals surface area contributed by atoms with Crippen LogP contribution in [0.1, 0.15) is 36.5 Å². The van der Waals surface area contributed by atoms with Gasteiger partial charge in [-0.15, -0.1) is 0 Å². The molecule has 0 bridgehead atoms. The summed E-state index contributed by atoms with van der Waals surface area (Å²) in [6.45, 7) is 2.75. The number of carboxylic acid groups (broad SMARTS) is 1. The molecule has 1 saturated heterocycles. The summed E-state index contributed by atoms with van der Waals surface area (Å²) in [5, 5.41) is 10.4. The van der Waals surface area contributed by atoms with Crippen LogP contribution < -0.4 is 0 Å². The molecule has 1 amide bonds. The molecule has 0 saturated carbocycles. The number of carboxylic acids is 1. The minimum Gasteiger partial charge on any atom is -0.481 e. The van der Waals surface area contributed by atoms with Crippen LogP contribution in [0.5, 0.6) is 0 Å². The van der Waals surface area contributed by atoms with E-state index in [-0.39, 0.29) is 12.5 Å². The molecule has 1 aromatic carbocycles. The lowest BCUT2D eigenvalue weighted by Crippen LogP contribution is -2.49. The monoisotopic (exact) mass is 312 g/mol. The maximum absolute atomic E-state index is 12.9. The second-order valence-corrected chi connectivity index (χ2v) is 6.14. The summed E-state index contributed by atoms with van der Waals surface area (Å²) in [7, 11) is 0. The number of amides is 1. The van der Waals surface area contributed by atoms with E-state index in [9.17, 15) is 14.7 Å². The Labute approximate surface area is 134 Å². The van der Waals surface area contributed by atoms with E-state index in [2.05, 4.69) is 4.98 Å². The van der Waals surface area contributed by atoms with E-state index in [1.807, 2.05) is 31.2 Å². The Bertz CT molecular complexity index is 754. The number of hydrogen-bond donors (Lipinski definition) is 1. The van der Waals surface area contributed by atoms with E-state index in [4.69, 9.17) is 0 Å². The van der Waals surface area contributed by atoms with E-state index in [0.29, 0.717) is 24.9 Å². The highest BCUT2D eigenvalue weighted by Crippen LogP contribution is 2.34. The zero-order chi connectivity index (χ0) is 16.4. The third-order valence-electron chi connectivity index (χ3n) is 4.87. The molecule has 1 N–H and O–H groups in total. The quantitative estimate of drug-likeness (QED) is 0.946. The number of piperidine rings is 1. The van der Waals surface area contributed by atoms with E-state index < -0.39 is 11.4 Å². The molecular formula is C18H20N2O3. The van der Waals surface area contributed by atoms with Crippen molar-refractivity contribution in [2.24, 2.45) is 5.41 Å². The SMILES string of the molecule is CC[C@]1(C(=O)O)CCCN(C(=O)c2ccnc3ccccc23)C1. The van der Waals surface area contributed by atoms with Gasteiger partial charge >= 0.3 is 5.97 Å². The van der Waals surface area contributed by atoms with Crippen molar-refractivity contribution in [1.29, 1.82) is 0 Å². The Morgan fingerprint density at radius 2 is 2.09 bits per heavy atom. The fourth-order valence-corrected chi connectivity index (χ4v) is 3.37. The maximum Gasteiger partial charge on any atom is 0.311 e. The van der Waals surface area contributed by atoms with Crippen LogP contribution in [0.3, 0.4) is 0 Å². The van der Waals surface area contributed by atoms with Gasteiger partial charge in [0.15, 0.2) is 0 Å². The zero-order valence-electron chi connectivity index (χ0n) is 13.2. The highest BCUT2D eigenvalue weighted by Gasteiger charge is 2.42. The van der Waals surface area contributed by atoms with Crippen molar-refractivity contribution in [2.75, 3.05) is 13.1 Å². The van der Waals surface area contributed by atoms with Gasteiger partial charge in [-0.3, -0.25) is 14.6 Å². The molecule has 5 nitrogen and oxygen atoms in total. The number of para-hydroxylation sites is 1. The second-order valence-electron chi connectivity index (χ2n) is 6.14. The van der Waals surface area contributed by atoms with Crippen LogP contribution in [0.25, 0.3) is 10.9 Å². The van der Waals surface area contributed by atoms with Gasteiger partial charge in [0.25, 0.3) is 5.91 Å². The normalized spacial score (nSPS) is 21.3. The van der Waals surface area contributed by atoms with Gasteiger partial charge in [-0.1, -0.05) is 25.1 Å². The number of hydrogen-bond acceptors (Lipinski definition) is 3.